The fourth-order valence-electron chi connectivity index (χ4n) is 1.75. The van der Waals surface area contributed by atoms with Gasteiger partial charge in [-0.25, -0.2) is 0 Å². The molecule has 0 fully saturated rings. The summed E-state index contributed by atoms with van der Waals surface area (Å²) >= 11 is 9.35. The van der Waals surface area contributed by atoms with Gasteiger partial charge in [-0.15, -0.1) is 0 Å². The monoisotopic (exact) mass is 368 g/mol. The zero-order valence-electron chi connectivity index (χ0n) is 11.6. The van der Waals surface area contributed by atoms with E-state index in [9.17, 15) is 0 Å². The Kier molecular flexibility index (Phi) is 5.47. The van der Waals surface area contributed by atoms with Crippen LogP contribution in [-0.2, 0) is 0 Å². The van der Waals surface area contributed by atoms with Gasteiger partial charge in [0.25, 0.3) is 0 Å². The van der Waals surface area contributed by atoms with Crippen LogP contribution in [0.3, 0.4) is 0 Å². The number of methoxy groups -OCH3 is 2. The summed E-state index contributed by atoms with van der Waals surface area (Å²) in [4.78, 5) is 0. The number of nitrogens with zero attached hydrogens (tertiary/aromatic N) is 1. The Bertz CT molecular complexity index is 662. The molecule has 0 aromatic heterocycles. The summed E-state index contributed by atoms with van der Waals surface area (Å²) in [5.74, 6) is 1.29. The molecule has 21 heavy (non-hydrogen) atoms. The maximum atomic E-state index is 5.91. The van der Waals surface area contributed by atoms with Crippen molar-refractivity contribution >= 4 is 39.4 Å². The van der Waals surface area contributed by atoms with Gasteiger partial charge in [-0.2, -0.15) is 5.10 Å². The zero-order valence-corrected chi connectivity index (χ0v) is 13.9. The van der Waals surface area contributed by atoms with E-state index in [-0.39, 0.29) is 0 Å². The Morgan fingerprint density at radius 3 is 2.67 bits per heavy atom. The lowest BCUT2D eigenvalue weighted by Gasteiger charge is -2.10. The van der Waals surface area contributed by atoms with Crippen molar-refractivity contribution in [3.8, 4) is 11.5 Å². The second-order valence-electron chi connectivity index (χ2n) is 4.12. The van der Waals surface area contributed by atoms with Gasteiger partial charge >= 0.3 is 0 Å². The van der Waals surface area contributed by atoms with Crippen molar-refractivity contribution in [1.29, 1.82) is 0 Å². The molecule has 0 aliphatic carbocycles. The minimum atomic E-state index is 0.635. The second kappa shape index (κ2) is 7.33. The summed E-state index contributed by atoms with van der Waals surface area (Å²) in [6.07, 6.45) is 1.69. The molecule has 0 unspecified atom stereocenters. The van der Waals surface area contributed by atoms with E-state index in [1.54, 1.807) is 26.5 Å². The van der Waals surface area contributed by atoms with Crippen molar-refractivity contribution in [3.05, 3.63) is 51.5 Å². The van der Waals surface area contributed by atoms with Crippen LogP contribution < -0.4 is 14.9 Å². The van der Waals surface area contributed by atoms with E-state index in [4.69, 9.17) is 21.1 Å². The third-order valence-electron chi connectivity index (χ3n) is 2.69. The van der Waals surface area contributed by atoms with Crippen LogP contribution >= 0.6 is 27.5 Å². The number of hydrogen-bond donors (Lipinski definition) is 1. The molecule has 2 rings (SSSR count). The minimum absolute atomic E-state index is 0.635. The maximum Gasteiger partial charge on any atom is 0.174 e. The molecular weight excluding hydrogens is 356 g/mol. The molecule has 0 bridgehead atoms. The van der Waals surface area contributed by atoms with Crippen molar-refractivity contribution < 1.29 is 9.47 Å². The Morgan fingerprint density at radius 1 is 1.19 bits per heavy atom. The van der Waals surface area contributed by atoms with Crippen molar-refractivity contribution in [1.82, 2.24) is 0 Å². The van der Waals surface area contributed by atoms with Crippen LogP contribution in [0.15, 0.2) is 46.0 Å². The molecule has 110 valence electrons. The van der Waals surface area contributed by atoms with E-state index in [1.165, 1.54) is 0 Å². The number of hydrazone groups is 1. The molecule has 0 saturated carbocycles. The van der Waals surface area contributed by atoms with Gasteiger partial charge in [0.2, 0.25) is 0 Å². The third-order valence-corrected chi connectivity index (χ3v) is 3.51. The van der Waals surface area contributed by atoms with Crippen LogP contribution in [-0.4, -0.2) is 20.4 Å². The van der Waals surface area contributed by atoms with E-state index in [0.717, 1.165) is 15.7 Å². The molecule has 0 radical (unpaired) electrons. The standard InChI is InChI=1S/C15H14BrClN2O2/c1-20-14-7-10(6-13(16)15(14)21-2)9-18-19-12-5-3-4-11(17)8-12/h3-9,19H,1-2H3. The lowest BCUT2D eigenvalue weighted by atomic mass is 10.2. The van der Waals surface area contributed by atoms with Gasteiger partial charge in [-0.1, -0.05) is 17.7 Å². The molecule has 0 aliphatic rings. The lowest BCUT2D eigenvalue weighted by Crippen LogP contribution is -1.95. The van der Waals surface area contributed by atoms with Crippen molar-refractivity contribution in [2.75, 3.05) is 19.6 Å². The number of halogens is 2. The number of ether oxygens (including phenoxy) is 2. The van der Waals surface area contributed by atoms with Crippen LogP contribution in [0.25, 0.3) is 0 Å². The summed E-state index contributed by atoms with van der Waals surface area (Å²) in [6.45, 7) is 0. The zero-order chi connectivity index (χ0) is 15.2. The summed E-state index contributed by atoms with van der Waals surface area (Å²) < 4.78 is 11.3. The van der Waals surface area contributed by atoms with Crippen LogP contribution in [0.5, 0.6) is 11.5 Å². The van der Waals surface area contributed by atoms with Crippen LogP contribution in [0.2, 0.25) is 5.02 Å². The van der Waals surface area contributed by atoms with E-state index < -0.39 is 0 Å². The highest BCUT2D eigenvalue weighted by Gasteiger charge is 2.09. The Balaban J connectivity index is 2.16. The molecule has 0 amide bonds. The van der Waals surface area contributed by atoms with E-state index >= 15 is 0 Å². The molecule has 2 aromatic rings. The highest BCUT2D eigenvalue weighted by molar-refractivity contribution is 9.10. The van der Waals surface area contributed by atoms with Gasteiger partial charge in [0, 0.05) is 5.02 Å². The molecule has 4 nitrogen and oxygen atoms in total. The summed E-state index contributed by atoms with van der Waals surface area (Å²) in [5.41, 5.74) is 4.60. The molecule has 1 N–H and O–H groups in total. The van der Waals surface area contributed by atoms with Crippen LogP contribution in [0.1, 0.15) is 5.56 Å². The summed E-state index contributed by atoms with van der Waals surface area (Å²) in [5, 5.41) is 4.83. The fraction of sp³-hybridized carbons (Fsp3) is 0.133. The average Bonchev–Trinajstić information content (AvgIpc) is 2.46. The SMILES string of the molecule is COc1cc(C=NNc2cccc(Cl)c2)cc(Br)c1OC. The number of nitrogens with one attached hydrogen (secondary N) is 1. The molecule has 6 heteroatoms. The molecule has 0 aliphatic heterocycles. The first kappa shape index (κ1) is 15.7. The topological polar surface area (TPSA) is 42.8 Å². The van der Waals surface area contributed by atoms with Gasteiger partial charge in [-0.3, -0.25) is 5.43 Å². The normalized spacial score (nSPS) is 10.7. The van der Waals surface area contributed by atoms with Gasteiger partial charge in [-0.05, 0) is 51.8 Å². The first-order valence-corrected chi connectivity index (χ1v) is 7.27. The maximum absolute atomic E-state index is 5.91. The molecule has 0 heterocycles. The van der Waals surface area contributed by atoms with Gasteiger partial charge in [0.15, 0.2) is 11.5 Å². The summed E-state index contributed by atoms with van der Waals surface area (Å²) in [7, 11) is 3.19. The Labute approximate surface area is 136 Å². The minimum Gasteiger partial charge on any atom is -0.493 e. The Morgan fingerprint density at radius 2 is 2.00 bits per heavy atom. The van der Waals surface area contributed by atoms with Crippen molar-refractivity contribution in [2.24, 2.45) is 5.10 Å². The van der Waals surface area contributed by atoms with Crippen molar-refractivity contribution in [3.63, 3.8) is 0 Å². The van der Waals surface area contributed by atoms with Crippen molar-refractivity contribution in [2.45, 2.75) is 0 Å². The summed E-state index contributed by atoms with van der Waals surface area (Å²) in [6, 6.07) is 11.1. The predicted octanol–water partition coefficient (Wildman–Crippen LogP) is 4.57. The lowest BCUT2D eigenvalue weighted by molar-refractivity contribution is 0.353. The van der Waals surface area contributed by atoms with E-state index in [1.807, 2.05) is 30.3 Å². The number of rotatable bonds is 5. The van der Waals surface area contributed by atoms with Crippen LogP contribution in [0, 0.1) is 0 Å². The first-order valence-electron chi connectivity index (χ1n) is 6.10. The Hall–Kier alpha value is -1.72. The molecule has 0 atom stereocenters. The van der Waals surface area contributed by atoms with Gasteiger partial charge in [0.1, 0.15) is 0 Å². The number of hydrogen-bond acceptors (Lipinski definition) is 4. The first-order chi connectivity index (χ1) is 10.1. The quantitative estimate of drug-likeness (QED) is 0.620. The van der Waals surface area contributed by atoms with Gasteiger partial charge in [0.05, 0.1) is 30.6 Å². The molecule has 0 spiro atoms. The number of benzene rings is 2. The average molecular weight is 370 g/mol. The van der Waals surface area contributed by atoms with Gasteiger partial charge < -0.3 is 9.47 Å². The highest BCUT2D eigenvalue weighted by Crippen LogP contribution is 2.35. The third kappa shape index (κ3) is 4.12. The highest BCUT2D eigenvalue weighted by atomic mass is 79.9. The van der Waals surface area contributed by atoms with E-state index in [2.05, 4.69) is 26.5 Å². The predicted molar refractivity (Wildman–Crippen MR) is 89.9 cm³/mol. The largest absolute Gasteiger partial charge is 0.493 e. The molecule has 0 saturated heterocycles. The van der Waals surface area contributed by atoms with Crippen LogP contribution in [0.4, 0.5) is 5.69 Å². The second-order valence-corrected chi connectivity index (χ2v) is 5.41. The smallest absolute Gasteiger partial charge is 0.174 e. The molecular formula is C15H14BrClN2O2. The fourth-order valence-corrected chi connectivity index (χ4v) is 2.56. The molecule has 2 aromatic carbocycles. The number of anilines is 1. The van der Waals surface area contributed by atoms with E-state index in [0.29, 0.717) is 16.5 Å².